The van der Waals surface area contributed by atoms with Crippen LogP contribution in [0.5, 0.6) is 0 Å². The molecular weight excluding hydrogens is 436 g/mol. The number of nitriles is 4. The first-order chi connectivity index (χ1) is 15.7. The fourth-order valence-corrected chi connectivity index (χ4v) is 6.40. The van der Waals surface area contributed by atoms with Gasteiger partial charge in [-0.15, -0.1) is 0 Å². The molecule has 0 amide bonds. The van der Waals surface area contributed by atoms with Crippen LogP contribution < -0.4 is 10.6 Å². The smallest absolute Gasteiger partial charge is 0.160 e. The van der Waals surface area contributed by atoms with Gasteiger partial charge in [0, 0.05) is 9.79 Å². The number of thioether (sulfide) groups is 2. The molecule has 0 saturated carbocycles. The van der Waals surface area contributed by atoms with Crippen molar-refractivity contribution in [1.29, 1.82) is 21.0 Å². The number of nitrogens with one attached hydrogen (secondary N) is 2. The van der Waals surface area contributed by atoms with Gasteiger partial charge in [-0.1, -0.05) is 47.8 Å². The third-order valence-corrected chi connectivity index (χ3v) is 7.92. The van der Waals surface area contributed by atoms with Crippen LogP contribution in [0.4, 0.5) is 11.4 Å². The Labute approximate surface area is 190 Å². The maximum absolute atomic E-state index is 9.27. The van der Waals surface area contributed by atoms with Gasteiger partial charge in [-0.3, -0.25) is 0 Å². The summed E-state index contributed by atoms with van der Waals surface area (Å²) in [5.41, 5.74) is 1.91. The molecule has 2 aliphatic heterocycles. The van der Waals surface area contributed by atoms with E-state index in [9.17, 15) is 21.0 Å². The zero-order valence-corrected chi connectivity index (χ0v) is 17.7. The lowest BCUT2D eigenvalue weighted by Gasteiger charge is -2.15. The summed E-state index contributed by atoms with van der Waals surface area (Å²) in [5.74, 6) is 0. The standard InChI is InChI=1S/C24H8N6S2/c25-7-13(8-26)23-29-17-5-11-1-2-12-6-18-22(32-24(30-18)14(9-27)10-28)16-4-3-15(21(17)31-23)19(11)20(12)16/h1-6,29-30H. The van der Waals surface area contributed by atoms with E-state index in [1.807, 2.05) is 24.3 Å². The van der Waals surface area contributed by atoms with E-state index >= 15 is 0 Å². The molecule has 0 fully saturated rings. The lowest BCUT2D eigenvalue weighted by Crippen LogP contribution is -1.93. The zero-order chi connectivity index (χ0) is 22.0. The highest BCUT2D eigenvalue weighted by molar-refractivity contribution is 8.04. The van der Waals surface area contributed by atoms with Crippen LogP contribution in [0.15, 0.2) is 67.4 Å². The largest absolute Gasteiger partial charge is 0.347 e. The number of benzene rings is 4. The van der Waals surface area contributed by atoms with E-state index in [1.54, 1.807) is 0 Å². The average molecular weight is 445 g/mol. The number of anilines is 2. The van der Waals surface area contributed by atoms with Crippen LogP contribution >= 0.6 is 23.5 Å². The summed E-state index contributed by atoms with van der Waals surface area (Å²) in [7, 11) is 0. The zero-order valence-electron chi connectivity index (χ0n) is 16.1. The molecule has 2 aliphatic rings. The van der Waals surface area contributed by atoms with Crippen molar-refractivity contribution in [2.45, 2.75) is 9.79 Å². The van der Waals surface area contributed by atoms with Crippen molar-refractivity contribution < 1.29 is 0 Å². The molecule has 0 atom stereocenters. The number of allylic oxidation sites excluding steroid dienone is 2. The number of rotatable bonds is 0. The quantitative estimate of drug-likeness (QED) is 0.245. The Bertz CT molecular complexity index is 1610. The molecule has 2 N–H and O–H groups in total. The Hall–Kier alpha value is -4.34. The van der Waals surface area contributed by atoms with Crippen LogP contribution in [0.3, 0.4) is 0 Å². The van der Waals surface area contributed by atoms with Crippen LogP contribution in [0, 0.1) is 45.3 Å². The minimum atomic E-state index is 0.0678. The topological polar surface area (TPSA) is 119 Å². The van der Waals surface area contributed by atoms with E-state index < -0.39 is 0 Å². The second-order valence-electron chi connectivity index (χ2n) is 7.24. The van der Waals surface area contributed by atoms with E-state index in [1.165, 1.54) is 23.5 Å². The van der Waals surface area contributed by atoms with Crippen LogP contribution in [0.2, 0.25) is 0 Å². The van der Waals surface area contributed by atoms with Gasteiger partial charge < -0.3 is 10.6 Å². The molecule has 0 aromatic heterocycles. The van der Waals surface area contributed by atoms with Gasteiger partial charge in [0.1, 0.15) is 34.3 Å². The molecule has 0 radical (unpaired) electrons. The molecule has 0 unspecified atom stereocenters. The molecule has 6 nitrogen and oxygen atoms in total. The molecule has 0 saturated heterocycles. The summed E-state index contributed by atoms with van der Waals surface area (Å²) in [6, 6.07) is 20.2. The van der Waals surface area contributed by atoms with Crippen molar-refractivity contribution in [3.63, 3.8) is 0 Å². The fourth-order valence-electron chi connectivity index (χ4n) is 4.29. The van der Waals surface area contributed by atoms with E-state index in [0.717, 1.165) is 53.5 Å². The molecule has 4 aromatic rings. The highest BCUT2D eigenvalue weighted by atomic mass is 32.2. The van der Waals surface area contributed by atoms with Gasteiger partial charge in [0.15, 0.2) is 11.1 Å². The van der Waals surface area contributed by atoms with Crippen molar-refractivity contribution in [1.82, 2.24) is 0 Å². The first-order valence-corrected chi connectivity index (χ1v) is 11.1. The molecule has 32 heavy (non-hydrogen) atoms. The number of hydrogen-bond donors (Lipinski definition) is 2. The number of fused-ring (bicyclic) bond motifs is 4. The maximum atomic E-state index is 9.27. The molecule has 0 aliphatic carbocycles. The lowest BCUT2D eigenvalue weighted by molar-refractivity contribution is 1.43. The predicted octanol–water partition coefficient (Wildman–Crippen LogP) is 6.14. The fraction of sp³-hybridized carbons (Fsp3) is 0. The molecule has 146 valence electrons. The summed E-state index contributed by atoms with van der Waals surface area (Å²) in [6.45, 7) is 0. The molecule has 8 heteroatoms. The molecule has 4 aromatic carbocycles. The molecule has 0 spiro atoms. The van der Waals surface area contributed by atoms with Gasteiger partial charge in [0.05, 0.1) is 11.4 Å². The van der Waals surface area contributed by atoms with E-state index in [0.29, 0.717) is 10.1 Å². The monoisotopic (exact) mass is 444 g/mol. The Kier molecular flexibility index (Phi) is 3.79. The van der Waals surface area contributed by atoms with Gasteiger partial charge in [0.2, 0.25) is 0 Å². The van der Waals surface area contributed by atoms with Crippen molar-refractivity contribution >= 4 is 67.2 Å². The van der Waals surface area contributed by atoms with Gasteiger partial charge in [-0.25, -0.2) is 0 Å². The second kappa shape index (κ2) is 6.58. The summed E-state index contributed by atoms with van der Waals surface area (Å²) < 4.78 is 0. The third-order valence-electron chi connectivity index (χ3n) is 5.61. The van der Waals surface area contributed by atoms with Crippen molar-refractivity contribution in [2.75, 3.05) is 10.6 Å². The summed E-state index contributed by atoms with van der Waals surface area (Å²) in [6.07, 6.45) is 0. The molecule has 2 heterocycles. The van der Waals surface area contributed by atoms with Crippen molar-refractivity contribution in [3.8, 4) is 24.3 Å². The van der Waals surface area contributed by atoms with Gasteiger partial charge in [-0.2, -0.15) is 21.0 Å². The Morgan fingerprint density at radius 1 is 0.625 bits per heavy atom. The minimum Gasteiger partial charge on any atom is -0.347 e. The van der Waals surface area contributed by atoms with Gasteiger partial charge in [-0.05, 0) is 44.5 Å². The summed E-state index contributed by atoms with van der Waals surface area (Å²) >= 11 is 2.82. The van der Waals surface area contributed by atoms with Gasteiger partial charge in [0.25, 0.3) is 0 Å². The number of hydrogen-bond acceptors (Lipinski definition) is 8. The highest BCUT2D eigenvalue weighted by Gasteiger charge is 2.27. The minimum absolute atomic E-state index is 0.0678. The Balaban J connectivity index is 1.65. The van der Waals surface area contributed by atoms with Crippen LogP contribution in [-0.4, -0.2) is 0 Å². The Morgan fingerprint density at radius 2 is 1.03 bits per heavy atom. The normalized spacial score (nSPS) is 13.6. The Morgan fingerprint density at radius 3 is 1.41 bits per heavy atom. The average Bonchev–Trinajstić information content (AvgIpc) is 3.42. The summed E-state index contributed by atoms with van der Waals surface area (Å²) in [5, 5.41) is 51.1. The lowest BCUT2D eigenvalue weighted by atomic mass is 9.93. The molecule has 0 bridgehead atoms. The van der Waals surface area contributed by atoms with E-state index in [2.05, 4.69) is 47.0 Å². The highest BCUT2D eigenvalue weighted by Crippen LogP contribution is 2.53. The SMILES string of the molecule is N#CC(C#N)=C1Nc2cc3ccc4cc5c(c6ccc(c2S1)c3c46)SC(=C(C#N)C#N)N5. The van der Waals surface area contributed by atoms with Crippen LogP contribution in [0.25, 0.3) is 32.3 Å². The van der Waals surface area contributed by atoms with Crippen molar-refractivity contribution in [2.24, 2.45) is 0 Å². The first kappa shape index (κ1) is 18.4. The maximum Gasteiger partial charge on any atom is 0.160 e. The second-order valence-corrected chi connectivity index (χ2v) is 9.28. The van der Waals surface area contributed by atoms with E-state index in [4.69, 9.17) is 0 Å². The third kappa shape index (κ3) is 2.34. The molecular formula is C24H8N6S2. The molecule has 6 rings (SSSR count). The number of nitrogens with zero attached hydrogens (tertiary/aromatic N) is 4. The first-order valence-electron chi connectivity index (χ1n) is 9.44. The van der Waals surface area contributed by atoms with Crippen LogP contribution in [0.1, 0.15) is 0 Å². The van der Waals surface area contributed by atoms with E-state index in [-0.39, 0.29) is 11.1 Å². The summed E-state index contributed by atoms with van der Waals surface area (Å²) in [4.78, 5) is 1.99. The van der Waals surface area contributed by atoms with Crippen LogP contribution in [-0.2, 0) is 0 Å². The predicted molar refractivity (Wildman–Crippen MR) is 126 cm³/mol. The van der Waals surface area contributed by atoms with Crippen molar-refractivity contribution in [3.05, 3.63) is 57.6 Å². The van der Waals surface area contributed by atoms with Gasteiger partial charge >= 0.3 is 0 Å².